The van der Waals surface area contributed by atoms with E-state index in [4.69, 9.17) is 0 Å². The highest BCUT2D eigenvalue weighted by atomic mass is 19.2. The highest BCUT2D eigenvalue weighted by molar-refractivity contribution is 6.14. The maximum absolute atomic E-state index is 13.8. The van der Waals surface area contributed by atoms with Crippen LogP contribution in [0, 0.1) is 23.3 Å². The molecule has 0 spiro atoms. The lowest BCUT2D eigenvalue weighted by Crippen LogP contribution is -2.39. The summed E-state index contributed by atoms with van der Waals surface area (Å²) in [5.74, 6) is -4.28. The van der Waals surface area contributed by atoms with Crippen molar-refractivity contribution in [1.82, 2.24) is 15.2 Å². The number of nitrogens with zero attached hydrogens (tertiary/aromatic N) is 2. The number of likely N-dealkylation sites (tertiary alicyclic amines) is 1. The number of Topliss-reactive ketones (excluding diaryl/α,β-unsaturated/α-hetero) is 1. The largest absolute Gasteiger partial charge is 0.369 e. The van der Waals surface area contributed by atoms with Crippen LogP contribution in [0.1, 0.15) is 47.2 Å². The topological polar surface area (TPSA) is 74.3 Å². The molecule has 2 fully saturated rings. The molecule has 1 saturated heterocycles. The SMILES string of the molecule is O=C1/C(=C/c2ccc(F)c(F)c2)CC(NC(=O)c2ccc(NCCN3CCCC3)nc2)C/C1=C\c1ccc(F)c(F)c1. The lowest BCUT2D eigenvalue weighted by atomic mass is 9.83. The van der Waals surface area contributed by atoms with Crippen molar-refractivity contribution in [3.05, 3.63) is 106 Å². The Labute approximate surface area is 241 Å². The van der Waals surface area contributed by atoms with Crippen molar-refractivity contribution in [3.8, 4) is 0 Å². The molecule has 2 heterocycles. The van der Waals surface area contributed by atoms with Crippen molar-refractivity contribution in [2.24, 2.45) is 0 Å². The zero-order valence-corrected chi connectivity index (χ0v) is 22.8. The third-order valence-corrected chi connectivity index (χ3v) is 7.38. The standard InChI is InChI=1S/C32H30F4N4O2/c33-26-6-3-20(15-28(26)35)13-23-17-25(18-24(31(23)41)14-21-4-7-27(34)29(36)16-21)39-32(42)22-5-8-30(38-19-22)37-9-12-40-10-1-2-11-40/h3-8,13-16,19,25H,1-2,9-12,17-18H2,(H,37,38)(H,39,42)/b23-13+,24-14+. The third-order valence-electron chi connectivity index (χ3n) is 7.38. The molecule has 0 unspecified atom stereocenters. The number of carbonyl (C=O) groups is 2. The molecule has 218 valence electrons. The fourth-order valence-corrected chi connectivity index (χ4v) is 5.20. The van der Waals surface area contributed by atoms with E-state index in [1.54, 1.807) is 12.1 Å². The van der Waals surface area contributed by atoms with Crippen LogP contribution in [0.5, 0.6) is 0 Å². The maximum atomic E-state index is 13.8. The number of halogens is 4. The van der Waals surface area contributed by atoms with Gasteiger partial charge in [-0.15, -0.1) is 0 Å². The first-order valence-corrected chi connectivity index (χ1v) is 13.8. The van der Waals surface area contributed by atoms with Crippen molar-refractivity contribution in [2.45, 2.75) is 31.7 Å². The minimum absolute atomic E-state index is 0.127. The van der Waals surface area contributed by atoms with Crippen molar-refractivity contribution < 1.29 is 27.2 Å². The molecular weight excluding hydrogens is 548 g/mol. The fraction of sp³-hybridized carbons (Fsp3) is 0.281. The van der Waals surface area contributed by atoms with E-state index in [1.807, 2.05) is 0 Å². The Bertz CT molecular complexity index is 1460. The number of anilines is 1. The average molecular weight is 579 g/mol. The number of rotatable bonds is 8. The molecule has 1 aliphatic carbocycles. The predicted octanol–water partition coefficient (Wildman–Crippen LogP) is 5.77. The minimum Gasteiger partial charge on any atom is -0.369 e. The molecule has 3 aromatic rings. The van der Waals surface area contributed by atoms with E-state index in [-0.39, 0.29) is 40.9 Å². The van der Waals surface area contributed by atoms with Gasteiger partial charge in [-0.25, -0.2) is 22.5 Å². The van der Waals surface area contributed by atoms with E-state index in [0.29, 0.717) is 11.4 Å². The van der Waals surface area contributed by atoms with Gasteiger partial charge in [0.25, 0.3) is 5.91 Å². The summed E-state index contributed by atoms with van der Waals surface area (Å²) in [6.07, 6.45) is 7.05. The van der Waals surface area contributed by atoms with Crippen LogP contribution in [0.2, 0.25) is 0 Å². The highest BCUT2D eigenvalue weighted by Gasteiger charge is 2.29. The van der Waals surface area contributed by atoms with E-state index >= 15 is 0 Å². The van der Waals surface area contributed by atoms with Crippen LogP contribution in [0.15, 0.2) is 65.9 Å². The van der Waals surface area contributed by atoms with Crippen LogP contribution >= 0.6 is 0 Å². The molecule has 2 aliphatic rings. The van der Waals surface area contributed by atoms with Crippen LogP contribution in [0.4, 0.5) is 23.4 Å². The van der Waals surface area contributed by atoms with Gasteiger partial charge in [0.15, 0.2) is 29.1 Å². The van der Waals surface area contributed by atoms with Crippen molar-refractivity contribution >= 4 is 29.7 Å². The molecular formula is C32H30F4N4O2. The normalized spacial score (nSPS) is 19.4. The molecule has 1 aromatic heterocycles. The Balaban J connectivity index is 1.32. The van der Waals surface area contributed by atoms with Gasteiger partial charge in [-0.3, -0.25) is 9.59 Å². The molecule has 5 rings (SSSR count). The van der Waals surface area contributed by atoms with E-state index in [2.05, 4.69) is 20.5 Å². The number of carbonyl (C=O) groups excluding carboxylic acids is 2. The van der Waals surface area contributed by atoms with Gasteiger partial charge in [-0.1, -0.05) is 12.1 Å². The van der Waals surface area contributed by atoms with Crippen molar-refractivity contribution in [1.29, 1.82) is 0 Å². The number of hydrogen-bond acceptors (Lipinski definition) is 5. The molecule has 0 radical (unpaired) electrons. The Kier molecular flexibility index (Phi) is 9.12. The third kappa shape index (κ3) is 7.30. The molecule has 42 heavy (non-hydrogen) atoms. The molecule has 0 atom stereocenters. The summed E-state index contributed by atoms with van der Waals surface area (Å²) in [7, 11) is 0. The molecule has 1 saturated carbocycles. The molecule has 2 N–H and O–H groups in total. The van der Waals surface area contributed by atoms with Gasteiger partial charge in [0, 0.05) is 36.5 Å². The summed E-state index contributed by atoms with van der Waals surface area (Å²) in [6.45, 7) is 3.88. The predicted molar refractivity (Wildman–Crippen MR) is 153 cm³/mol. The second-order valence-electron chi connectivity index (χ2n) is 10.5. The number of hydrogen-bond donors (Lipinski definition) is 2. The second kappa shape index (κ2) is 13.1. The number of amides is 1. The average Bonchev–Trinajstić information content (AvgIpc) is 3.49. The van der Waals surface area contributed by atoms with Gasteiger partial charge >= 0.3 is 0 Å². The van der Waals surface area contributed by atoms with Crippen LogP contribution in [0.3, 0.4) is 0 Å². The van der Waals surface area contributed by atoms with E-state index < -0.39 is 35.2 Å². The molecule has 2 aromatic carbocycles. The van der Waals surface area contributed by atoms with Gasteiger partial charge in [-0.2, -0.15) is 0 Å². The van der Waals surface area contributed by atoms with Gasteiger partial charge in [-0.05, 0) is 98.4 Å². The Morgan fingerprint density at radius 2 is 1.45 bits per heavy atom. The smallest absolute Gasteiger partial charge is 0.253 e. The maximum Gasteiger partial charge on any atom is 0.253 e. The lowest BCUT2D eigenvalue weighted by Gasteiger charge is -2.27. The van der Waals surface area contributed by atoms with Crippen LogP contribution in [0.25, 0.3) is 12.2 Å². The summed E-state index contributed by atoms with van der Waals surface area (Å²) in [5, 5.41) is 6.18. The van der Waals surface area contributed by atoms with Crippen molar-refractivity contribution in [3.63, 3.8) is 0 Å². The Morgan fingerprint density at radius 1 is 0.857 bits per heavy atom. The van der Waals surface area contributed by atoms with Crippen LogP contribution < -0.4 is 10.6 Å². The zero-order valence-electron chi connectivity index (χ0n) is 22.8. The lowest BCUT2D eigenvalue weighted by molar-refractivity contribution is -0.113. The number of benzene rings is 2. The molecule has 10 heteroatoms. The van der Waals surface area contributed by atoms with E-state index in [1.165, 1.54) is 43.3 Å². The first-order chi connectivity index (χ1) is 20.2. The molecule has 0 bridgehead atoms. The summed E-state index contributed by atoms with van der Waals surface area (Å²) in [5.41, 5.74) is 1.38. The van der Waals surface area contributed by atoms with Gasteiger partial charge in [0.1, 0.15) is 5.82 Å². The number of aromatic nitrogens is 1. The quantitative estimate of drug-likeness (QED) is 0.262. The Hall–Kier alpha value is -4.31. The van der Waals surface area contributed by atoms with Gasteiger partial charge in [0.05, 0.1) is 5.56 Å². The summed E-state index contributed by atoms with van der Waals surface area (Å²) >= 11 is 0. The Morgan fingerprint density at radius 3 is 1.98 bits per heavy atom. The van der Waals surface area contributed by atoms with Gasteiger partial charge < -0.3 is 15.5 Å². The van der Waals surface area contributed by atoms with Crippen molar-refractivity contribution in [2.75, 3.05) is 31.5 Å². The number of ketones is 1. The number of pyridine rings is 1. The second-order valence-corrected chi connectivity index (χ2v) is 10.5. The summed E-state index contributed by atoms with van der Waals surface area (Å²) in [4.78, 5) is 33.2. The van der Waals surface area contributed by atoms with E-state index in [9.17, 15) is 27.2 Å². The fourth-order valence-electron chi connectivity index (χ4n) is 5.20. The first-order valence-electron chi connectivity index (χ1n) is 13.8. The summed E-state index contributed by atoms with van der Waals surface area (Å²) < 4.78 is 54.6. The molecule has 6 nitrogen and oxygen atoms in total. The van der Waals surface area contributed by atoms with Crippen LogP contribution in [-0.4, -0.2) is 53.8 Å². The summed E-state index contributed by atoms with van der Waals surface area (Å²) in [6, 6.07) is 9.40. The highest BCUT2D eigenvalue weighted by Crippen LogP contribution is 2.29. The van der Waals surface area contributed by atoms with E-state index in [0.717, 1.165) is 50.4 Å². The monoisotopic (exact) mass is 578 g/mol. The minimum atomic E-state index is -1.06. The van der Waals surface area contributed by atoms with Gasteiger partial charge in [0.2, 0.25) is 0 Å². The van der Waals surface area contributed by atoms with Crippen LogP contribution in [-0.2, 0) is 4.79 Å². The zero-order chi connectivity index (χ0) is 29.6. The molecule has 1 amide bonds. The first kappa shape index (κ1) is 29.2. The number of nitrogens with one attached hydrogen (secondary N) is 2. The molecule has 1 aliphatic heterocycles.